The summed E-state index contributed by atoms with van der Waals surface area (Å²) in [4.78, 5) is 10.9. The van der Waals surface area contributed by atoms with Gasteiger partial charge in [0.2, 0.25) is 0 Å². The first-order valence-corrected chi connectivity index (χ1v) is 5.89. The number of halogens is 2. The van der Waals surface area contributed by atoms with E-state index in [1.54, 1.807) is 12.1 Å². The molecule has 0 spiro atoms. The van der Waals surface area contributed by atoms with Crippen LogP contribution in [0.2, 0.25) is 5.02 Å². The van der Waals surface area contributed by atoms with Gasteiger partial charge in [0.25, 0.3) is 0 Å². The van der Waals surface area contributed by atoms with Crippen molar-refractivity contribution in [3.8, 4) is 0 Å². The zero-order valence-electron chi connectivity index (χ0n) is 9.12. The lowest BCUT2D eigenvalue weighted by molar-refractivity contribution is -0.140. The zero-order valence-corrected chi connectivity index (χ0v) is 9.88. The van der Waals surface area contributed by atoms with Crippen LogP contribution in [0.5, 0.6) is 0 Å². The standard InChI is InChI=1S/C12H13ClFNO2/c13-7-4-5-8(9(14)6-7)10-2-1-3-11(15-10)12(16)17/h4-6,10-11,15H,1-3H2,(H,16,17). The fourth-order valence-corrected chi connectivity index (χ4v) is 2.32. The molecule has 17 heavy (non-hydrogen) atoms. The summed E-state index contributed by atoms with van der Waals surface area (Å²) >= 11 is 5.68. The van der Waals surface area contributed by atoms with Crippen molar-refractivity contribution in [2.45, 2.75) is 31.3 Å². The molecule has 1 aromatic rings. The molecule has 2 unspecified atom stereocenters. The van der Waals surface area contributed by atoms with Crippen LogP contribution in [-0.4, -0.2) is 17.1 Å². The molecule has 1 aliphatic heterocycles. The number of rotatable bonds is 2. The van der Waals surface area contributed by atoms with Gasteiger partial charge in [-0.2, -0.15) is 0 Å². The van der Waals surface area contributed by atoms with Gasteiger partial charge in [-0.1, -0.05) is 17.7 Å². The average molecular weight is 258 g/mol. The van der Waals surface area contributed by atoms with Crippen LogP contribution in [0.1, 0.15) is 30.9 Å². The number of hydrogen-bond acceptors (Lipinski definition) is 2. The second kappa shape index (κ2) is 5.02. The topological polar surface area (TPSA) is 49.3 Å². The second-order valence-corrected chi connectivity index (χ2v) is 4.64. The summed E-state index contributed by atoms with van der Waals surface area (Å²) in [6, 6.07) is 3.64. The van der Waals surface area contributed by atoms with Crippen LogP contribution < -0.4 is 5.32 Å². The van der Waals surface area contributed by atoms with Crippen LogP contribution in [0.4, 0.5) is 4.39 Å². The van der Waals surface area contributed by atoms with Gasteiger partial charge < -0.3 is 5.11 Å². The Kier molecular flexibility index (Phi) is 3.64. The fourth-order valence-electron chi connectivity index (χ4n) is 2.16. The Hall–Kier alpha value is -1.13. The van der Waals surface area contributed by atoms with Crippen LogP contribution in [0.15, 0.2) is 18.2 Å². The van der Waals surface area contributed by atoms with Crippen LogP contribution in [0.25, 0.3) is 0 Å². The first kappa shape index (κ1) is 12.3. The Morgan fingerprint density at radius 1 is 1.47 bits per heavy atom. The molecule has 0 bridgehead atoms. The average Bonchev–Trinajstić information content (AvgIpc) is 2.29. The molecule has 0 saturated carbocycles. The van der Waals surface area contributed by atoms with Crippen molar-refractivity contribution in [3.63, 3.8) is 0 Å². The molecule has 1 saturated heterocycles. The molecule has 1 aromatic carbocycles. The Morgan fingerprint density at radius 2 is 2.24 bits per heavy atom. The van der Waals surface area contributed by atoms with Crippen LogP contribution in [-0.2, 0) is 4.79 Å². The van der Waals surface area contributed by atoms with E-state index in [0.29, 0.717) is 17.0 Å². The third-order valence-corrected chi connectivity index (χ3v) is 3.26. The van der Waals surface area contributed by atoms with E-state index in [4.69, 9.17) is 16.7 Å². The van der Waals surface area contributed by atoms with E-state index in [1.807, 2.05) is 0 Å². The predicted molar refractivity (Wildman–Crippen MR) is 62.6 cm³/mol. The highest BCUT2D eigenvalue weighted by molar-refractivity contribution is 6.30. The summed E-state index contributed by atoms with van der Waals surface area (Å²) in [6.45, 7) is 0. The van der Waals surface area contributed by atoms with Gasteiger partial charge in [-0.3, -0.25) is 10.1 Å². The van der Waals surface area contributed by atoms with E-state index < -0.39 is 12.0 Å². The number of benzene rings is 1. The summed E-state index contributed by atoms with van der Waals surface area (Å²) in [5, 5.41) is 12.2. The Morgan fingerprint density at radius 3 is 2.88 bits per heavy atom. The molecular formula is C12H13ClFNO2. The molecule has 0 aromatic heterocycles. The Bertz CT molecular complexity index is 439. The normalized spacial score (nSPS) is 24.6. The minimum atomic E-state index is -0.885. The molecule has 92 valence electrons. The van der Waals surface area contributed by atoms with Gasteiger partial charge in [-0.05, 0) is 31.4 Å². The zero-order chi connectivity index (χ0) is 12.4. The molecule has 2 N–H and O–H groups in total. The first-order valence-electron chi connectivity index (χ1n) is 5.51. The molecule has 3 nitrogen and oxygen atoms in total. The van der Waals surface area contributed by atoms with Gasteiger partial charge in [-0.25, -0.2) is 4.39 Å². The molecule has 5 heteroatoms. The summed E-state index contributed by atoms with van der Waals surface area (Å²) in [6.07, 6.45) is 2.10. The fraction of sp³-hybridized carbons (Fsp3) is 0.417. The number of aliphatic carboxylic acids is 1. The first-order chi connectivity index (χ1) is 8.08. The van der Waals surface area contributed by atoms with E-state index in [-0.39, 0.29) is 11.9 Å². The smallest absolute Gasteiger partial charge is 0.320 e. The lowest BCUT2D eigenvalue weighted by Gasteiger charge is -2.29. The number of piperidine rings is 1. The monoisotopic (exact) mass is 257 g/mol. The number of carboxylic acid groups (broad SMARTS) is 1. The lowest BCUT2D eigenvalue weighted by Crippen LogP contribution is -2.42. The minimum Gasteiger partial charge on any atom is -0.480 e. The van der Waals surface area contributed by atoms with E-state index in [1.165, 1.54) is 6.07 Å². The maximum absolute atomic E-state index is 13.7. The van der Waals surface area contributed by atoms with Gasteiger partial charge >= 0.3 is 5.97 Å². The minimum absolute atomic E-state index is 0.248. The van der Waals surface area contributed by atoms with Gasteiger partial charge in [0.05, 0.1) is 0 Å². The predicted octanol–water partition coefficient (Wildman–Crippen LogP) is 2.75. The summed E-state index contributed by atoms with van der Waals surface area (Å²) in [5.41, 5.74) is 0.486. The highest BCUT2D eigenvalue weighted by Crippen LogP contribution is 2.28. The Labute approximate surface area is 104 Å². The van der Waals surface area contributed by atoms with Crippen LogP contribution in [0.3, 0.4) is 0 Å². The van der Waals surface area contributed by atoms with E-state index in [0.717, 1.165) is 12.8 Å². The number of carbonyl (C=O) groups is 1. The van der Waals surface area contributed by atoms with Crippen molar-refractivity contribution < 1.29 is 14.3 Å². The quantitative estimate of drug-likeness (QED) is 0.857. The van der Waals surface area contributed by atoms with Gasteiger partial charge in [0.1, 0.15) is 11.9 Å². The molecule has 1 fully saturated rings. The summed E-state index contributed by atoms with van der Waals surface area (Å²) < 4.78 is 13.7. The highest BCUT2D eigenvalue weighted by Gasteiger charge is 2.28. The summed E-state index contributed by atoms with van der Waals surface area (Å²) in [5.74, 6) is -1.27. The third-order valence-electron chi connectivity index (χ3n) is 3.02. The number of carboxylic acids is 1. The molecule has 0 radical (unpaired) electrons. The van der Waals surface area contributed by atoms with Crippen molar-refractivity contribution in [1.82, 2.24) is 5.32 Å². The largest absolute Gasteiger partial charge is 0.480 e. The molecule has 2 rings (SSSR count). The van der Waals surface area contributed by atoms with E-state index in [9.17, 15) is 9.18 Å². The lowest BCUT2D eigenvalue weighted by atomic mass is 9.93. The maximum atomic E-state index is 13.7. The maximum Gasteiger partial charge on any atom is 0.320 e. The van der Waals surface area contributed by atoms with Gasteiger partial charge in [-0.15, -0.1) is 0 Å². The van der Waals surface area contributed by atoms with Crippen LogP contribution in [0, 0.1) is 5.82 Å². The third kappa shape index (κ3) is 2.76. The molecule has 1 heterocycles. The molecule has 0 aliphatic carbocycles. The molecule has 0 amide bonds. The van der Waals surface area contributed by atoms with Crippen LogP contribution >= 0.6 is 11.6 Å². The van der Waals surface area contributed by atoms with Crippen molar-refractivity contribution in [3.05, 3.63) is 34.6 Å². The number of hydrogen-bond donors (Lipinski definition) is 2. The van der Waals surface area contributed by atoms with Crippen molar-refractivity contribution in [2.75, 3.05) is 0 Å². The van der Waals surface area contributed by atoms with Gasteiger partial charge in [0, 0.05) is 16.6 Å². The molecule has 1 aliphatic rings. The SMILES string of the molecule is O=C(O)C1CCCC(c2ccc(Cl)cc2F)N1. The molecule has 2 atom stereocenters. The highest BCUT2D eigenvalue weighted by atomic mass is 35.5. The Balaban J connectivity index is 2.19. The summed E-state index contributed by atoms with van der Waals surface area (Å²) in [7, 11) is 0. The second-order valence-electron chi connectivity index (χ2n) is 4.21. The van der Waals surface area contributed by atoms with Crippen molar-refractivity contribution in [1.29, 1.82) is 0 Å². The van der Waals surface area contributed by atoms with E-state index in [2.05, 4.69) is 5.32 Å². The molecular weight excluding hydrogens is 245 g/mol. The van der Waals surface area contributed by atoms with Crippen molar-refractivity contribution >= 4 is 17.6 Å². The number of nitrogens with one attached hydrogen (secondary N) is 1. The van der Waals surface area contributed by atoms with E-state index >= 15 is 0 Å². The van der Waals surface area contributed by atoms with Crippen molar-refractivity contribution in [2.24, 2.45) is 0 Å². The van der Waals surface area contributed by atoms with Gasteiger partial charge in [0.15, 0.2) is 0 Å².